The fourth-order valence-corrected chi connectivity index (χ4v) is 2.42. The second kappa shape index (κ2) is 5.69. The van der Waals surface area contributed by atoms with Crippen LogP contribution in [0.3, 0.4) is 0 Å². The Bertz CT molecular complexity index is 747. The molecule has 2 N–H and O–H groups in total. The molecular weight excluding hydrogens is 330 g/mol. The molecule has 0 fully saturated rings. The summed E-state index contributed by atoms with van der Waals surface area (Å²) < 4.78 is 1.02. The van der Waals surface area contributed by atoms with Crippen molar-refractivity contribution in [2.75, 3.05) is 0 Å². The second-order valence-corrected chi connectivity index (χ2v) is 5.76. The molecule has 106 valence electrons. The quantitative estimate of drug-likeness (QED) is 0.759. The highest BCUT2D eigenvalue weighted by Crippen LogP contribution is 2.17. The Morgan fingerprint density at radius 1 is 1.19 bits per heavy atom. The predicted octanol–water partition coefficient (Wildman–Crippen LogP) is 3.82. The maximum atomic E-state index is 12.3. The van der Waals surface area contributed by atoms with Crippen LogP contribution >= 0.6 is 15.9 Å². The molecule has 2 aromatic carbocycles. The van der Waals surface area contributed by atoms with Crippen molar-refractivity contribution in [2.45, 2.75) is 13.0 Å². The minimum atomic E-state index is -0.207. The number of hydrogen-bond donors (Lipinski definition) is 2. The molecule has 3 rings (SSSR count). The van der Waals surface area contributed by atoms with Gasteiger partial charge in [-0.2, -0.15) is 0 Å². The van der Waals surface area contributed by atoms with Crippen molar-refractivity contribution in [3.8, 4) is 0 Å². The molecule has 1 amide bonds. The molecule has 3 aromatic rings. The Kier molecular flexibility index (Phi) is 3.75. The van der Waals surface area contributed by atoms with Crippen LogP contribution in [0.2, 0.25) is 0 Å². The van der Waals surface area contributed by atoms with Crippen molar-refractivity contribution < 1.29 is 4.79 Å². The molecule has 0 aliphatic heterocycles. The number of aromatic amines is 1. The summed E-state index contributed by atoms with van der Waals surface area (Å²) in [6, 6.07) is 15.4. The van der Waals surface area contributed by atoms with Crippen LogP contribution in [0.1, 0.15) is 29.1 Å². The van der Waals surface area contributed by atoms with Crippen molar-refractivity contribution in [3.05, 3.63) is 64.4 Å². The van der Waals surface area contributed by atoms with Crippen LogP contribution in [0.5, 0.6) is 0 Å². The minimum absolute atomic E-state index is 0.0844. The average molecular weight is 344 g/mol. The van der Waals surface area contributed by atoms with Crippen LogP contribution in [0, 0.1) is 0 Å². The lowest BCUT2D eigenvalue weighted by atomic mass is 10.1. The monoisotopic (exact) mass is 343 g/mol. The van der Waals surface area contributed by atoms with Gasteiger partial charge in [0, 0.05) is 4.47 Å². The van der Waals surface area contributed by atoms with E-state index < -0.39 is 0 Å². The Hall–Kier alpha value is -2.14. The van der Waals surface area contributed by atoms with E-state index in [1.54, 1.807) is 0 Å². The molecule has 5 heteroatoms. The Balaban J connectivity index is 1.77. The third kappa shape index (κ3) is 2.97. The number of nitrogens with zero attached hydrogens (tertiary/aromatic N) is 1. The molecule has 0 unspecified atom stereocenters. The van der Waals surface area contributed by atoms with Gasteiger partial charge in [0.2, 0.25) is 0 Å². The smallest absolute Gasteiger partial charge is 0.287 e. The number of rotatable bonds is 3. The molecule has 0 spiro atoms. The lowest BCUT2D eigenvalue weighted by Gasteiger charge is -2.13. The molecule has 4 nitrogen and oxygen atoms in total. The third-order valence-electron chi connectivity index (χ3n) is 3.32. The molecular formula is C16H14BrN3O. The van der Waals surface area contributed by atoms with Crippen LogP contribution in [0.4, 0.5) is 0 Å². The summed E-state index contributed by atoms with van der Waals surface area (Å²) in [5.74, 6) is 0.127. The van der Waals surface area contributed by atoms with Crippen molar-refractivity contribution >= 4 is 32.9 Å². The number of carbonyl (C=O) groups is 1. The molecule has 1 atom stereocenters. The zero-order chi connectivity index (χ0) is 14.8. The van der Waals surface area contributed by atoms with Gasteiger partial charge in [0.15, 0.2) is 5.82 Å². The first kappa shape index (κ1) is 13.8. The van der Waals surface area contributed by atoms with Crippen LogP contribution in [-0.2, 0) is 0 Å². The summed E-state index contributed by atoms with van der Waals surface area (Å²) in [6.07, 6.45) is 0. The van der Waals surface area contributed by atoms with Crippen molar-refractivity contribution in [2.24, 2.45) is 0 Å². The van der Waals surface area contributed by atoms with E-state index in [0.29, 0.717) is 5.82 Å². The molecule has 0 saturated heterocycles. The van der Waals surface area contributed by atoms with Gasteiger partial charge in [-0.3, -0.25) is 4.79 Å². The average Bonchev–Trinajstić information content (AvgIpc) is 2.92. The van der Waals surface area contributed by atoms with Gasteiger partial charge in [0.25, 0.3) is 5.91 Å². The van der Waals surface area contributed by atoms with Gasteiger partial charge in [-0.1, -0.05) is 40.2 Å². The van der Waals surface area contributed by atoms with E-state index in [9.17, 15) is 4.79 Å². The first-order chi connectivity index (χ1) is 10.1. The number of nitrogens with one attached hydrogen (secondary N) is 2. The highest BCUT2D eigenvalue weighted by Gasteiger charge is 2.14. The van der Waals surface area contributed by atoms with E-state index in [0.717, 1.165) is 21.1 Å². The van der Waals surface area contributed by atoms with Crippen molar-refractivity contribution in [3.63, 3.8) is 0 Å². The number of H-pyrrole nitrogens is 1. The van der Waals surface area contributed by atoms with Gasteiger partial charge >= 0.3 is 0 Å². The Morgan fingerprint density at radius 2 is 1.90 bits per heavy atom. The lowest BCUT2D eigenvalue weighted by Crippen LogP contribution is -2.27. The third-order valence-corrected chi connectivity index (χ3v) is 3.85. The second-order valence-electron chi connectivity index (χ2n) is 4.85. The van der Waals surface area contributed by atoms with Gasteiger partial charge in [-0.15, -0.1) is 0 Å². The standard InChI is InChI=1S/C16H14BrN3O/c1-10(11-6-8-12(17)9-7-11)18-16(21)15-19-13-4-2-3-5-14(13)20-15/h2-10H,1H3,(H,18,21)(H,19,20)/t10-/m1/s1. The maximum absolute atomic E-state index is 12.3. The van der Waals surface area contributed by atoms with Crippen LogP contribution in [-0.4, -0.2) is 15.9 Å². The number of para-hydroxylation sites is 2. The highest BCUT2D eigenvalue weighted by atomic mass is 79.9. The maximum Gasteiger partial charge on any atom is 0.287 e. The number of halogens is 1. The summed E-state index contributed by atoms with van der Waals surface area (Å²) in [7, 11) is 0. The summed E-state index contributed by atoms with van der Waals surface area (Å²) in [5.41, 5.74) is 2.69. The van der Waals surface area contributed by atoms with Crippen LogP contribution < -0.4 is 5.32 Å². The zero-order valence-electron chi connectivity index (χ0n) is 11.4. The fraction of sp³-hybridized carbons (Fsp3) is 0.125. The summed E-state index contributed by atoms with van der Waals surface area (Å²) in [4.78, 5) is 19.6. The first-order valence-corrected chi connectivity index (χ1v) is 7.44. The summed E-state index contributed by atoms with van der Waals surface area (Å²) in [6.45, 7) is 1.95. The number of aromatic nitrogens is 2. The Morgan fingerprint density at radius 3 is 2.62 bits per heavy atom. The number of amides is 1. The molecule has 0 aliphatic rings. The fourth-order valence-electron chi connectivity index (χ4n) is 2.16. The number of imidazole rings is 1. The lowest BCUT2D eigenvalue weighted by molar-refractivity contribution is 0.0930. The van der Waals surface area contributed by atoms with E-state index in [4.69, 9.17) is 0 Å². The molecule has 0 radical (unpaired) electrons. The molecule has 0 saturated carbocycles. The largest absolute Gasteiger partial charge is 0.343 e. The van der Waals surface area contributed by atoms with E-state index >= 15 is 0 Å². The minimum Gasteiger partial charge on any atom is -0.343 e. The van der Waals surface area contributed by atoms with Crippen LogP contribution in [0.25, 0.3) is 11.0 Å². The summed E-state index contributed by atoms with van der Waals surface area (Å²) in [5, 5.41) is 2.94. The van der Waals surface area contributed by atoms with Crippen LogP contribution in [0.15, 0.2) is 53.0 Å². The molecule has 1 heterocycles. The number of fused-ring (bicyclic) bond motifs is 1. The molecule has 21 heavy (non-hydrogen) atoms. The highest BCUT2D eigenvalue weighted by molar-refractivity contribution is 9.10. The molecule has 0 bridgehead atoms. The van der Waals surface area contributed by atoms with Gasteiger partial charge in [-0.05, 0) is 36.8 Å². The van der Waals surface area contributed by atoms with Gasteiger partial charge in [0.05, 0.1) is 17.1 Å². The van der Waals surface area contributed by atoms with Gasteiger partial charge in [0.1, 0.15) is 0 Å². The first-order valence-electron chi connectivity index (χ1n) is 6.64. The zero-order valence-corrected chi connectivity index (χ0v) is 13.0. The Labute approximate surface area is 130 Å². The summed E-state index contributed by atoms with van der Waals surface area (Å²) >= 11 is 3.40. The number of hydrogen-bond acceptors (Lipinski definition) is 2. The van der Waals surface area contributed by atoms with E-state index in [2.05, 4.69) is 31.2 Å². The topological polar surface area (TPSA) is 57.8 Å². The van der Waals surface area contributed by atoms with Gasteiger partial charge < -0.3 is 10.3 Å². The SMILES string of the molecule is C[C@@H](NC(=O)c1nc2ccccc2[nH]1)c1ccc(Br)cc1. The van der Waals surface area contributed by atoms with E-state index in [1.165, 1.54) is 0 Å². The number of benzene rings is 2. The van der Waals surface area contributed by atoms with E-state index in [-0.39, 0.29) is 11.9 Å². The van der Waals surface area contributed by atoms with E-state index in [1.807, 2.05) is 55.5 Å². The normalized spacial score (nSPS) is 12.3. The van der Waals surface area contributed by atoms with Crippen molar-refractivity contribution in [1.82, 2.24) is 15.3 Å². The van der Waals surface area contributed by atoms with Gasteiger partial charge in [-0.25, -0.2) is 4.98 Å². The number of carbonyl (C=O) groups excluding carboxylic acids is 1. The molecule has 0 aliphatic carbocycles. The molecule has 1 aromatic heterocycles. The van der Waals surface area contributed by atoms with Crippen molar-refractivity contribution in [1.29, 1.82) is 0 Å². The predicted molar refractivity (Wildman–Crippen MR) is 86.1 cm³/mol.